The molecule has 0 atom stereocenters. The lowest BCUT2D eigenvalue weighted by molar-refractivity contribution is 0.293. The molecule has 1 heterocycles. The molecule has 0 aliphatic heterocycles. The van der Waals surface area contributed by atoms with Crippen molar-refractivity contribution in [3.8, 4) is 5.75 Å². The van der Waals surface area contributed by atoms with Gasteiger partial charge in [0.05, 0.1) is 6.54 Å². The summed E-state index contributed by atoms with van der Waals surface area (Å²) in [6, 6.07) is 6.12. The van der Waals surface area contributed by atoms with E-state index in [9.17, 15) is 0 Å². The number of hydrogen-bond donors (Lipinski definition) is 1. The number of nitrogens with zero attached hydrogens (tertiary/aromatic N) is 2. The monoisotopic (exact) mass is 337 g/mol. The number of nitrogens with one attached hydrogen (secondary N) is 1. The summed E-state index contributed by atoms with van der Waals surface area (Å²) >= 11 is 3.50. The highest BCUT2D eigenvalue weighted by molar-refractivity contribution is 9.10. The molecule has 1 N–H and O–H groups in total. The van der Waals surface area contributed by atoms with Gasteiger partial charge in [-0.05, 0) is 31.7 Å². The Labute approximate surface area is 128 Å². The van der Waals surface area contributed by atoms with Crippen LogP contribution in [0.25, 0.3) is 0 Å². The molecular formula is C15H20BrN3O. The van der Waals surface area contributed by atoms with Crippen molar-refractivity contribution in [2.24, 2.45) is 0 Å². The maximum absolute atomic E-state index is 5.91. The fraction of sp³-hybridized carbons (Fsp3) is 0.400. The highest BCUT2D eigenvalue weighted by atomic mass is 79.9. The second-order valence-electron chi connectivity index (χ2n) is 4.55. The Kier molecular flexibility index (Phi) is 5.61. The van der Waals surface area contributed by atoms with E-state index in [0.29, 0.717) is 6.61 Å². The van der Waals surface area contributed by atoms with Crippen LogP contribution in [-0.4, -0.2) is 22.7 Å². The summed E-state index contributed by atoms with van der Waals surface area (Å²) in [6.45, 7) is 7.30. The largest absolute Gasteiger partial charge is 0.491 e. The number of ether oxygens (including phenoxy) is 1. The van der Waals surface area contributed by atoms with Gasteiger partial charge in [0.15, 0.2) is 0 Å². The molecule has 4 nitrogen and oxygen atoms in total. The third-order valence-corrected chi connectivity index (χ3v) is 3.59. The third kappa shape index (κ3) is 4.08. The standard InChI is InChI=1S/C15H20BrN3O/c1-3-17-11-13-10-14(16)4-5-15(13)20-9-8-19-7-6-18-12(19)2/h4-7,10,17H,3,8-9,11H2,1-2H3. The molecule has 0 saturated carbocycles. The van der Waals surface area contributed by atoms with E-state index in [-0.39, 0.29) is 0 Å². The SMILES string of the molecule is CCNCc1cc(Br)ccc1OCCn1ccnc1C. The first kappa shape index (κ1) is 15.1. The van der Waals surface area contributed by atoms with Crippen LogP contribution in [0.2, 0.25) is 0 Å². The average molecular weight is 338 g/mol. The van der Waals surface area contributed by atoms with Crippen LogP contribution in [0.1, 0.15) is 18.3 Å². The fourth-order valence-corrected chi connectivity index (χ4v) is 2.39. The van der Waals surface area contributed by atoms with E-state index >= 15 is 0 Å². The van der Waals surface area contributed by atoms with Crippen molar-refractivity contribution >= 4 is 15.9 Å². The van der Waals surface area contributed by atoms with Crippen LogP contribution in [0.15, 0.2) is 35.1 Å². The van der Waals surface area contributed by atoms with Crippen LogP contribution in [0, 0.1) is 6.92 Å². The normalized spacial score (nSPS) is 10.8. The summed E-state index contributed by atoms with van der Waals surface area (Å²) in [6.07, 6.45) is 3.78. The Morgan fingerprint density at radius 2 is 2.25 bits per heavy atom. The molecule has 0 bridgehead atoms. The Hall–Kier alpha value is -1.33. The fourth-order valence-electron chi connectivity index (χ4n) is 1.98. The number of aromatic nitrogens is 2. The van der Waals surface area contributed by atoms with Gasteiger partial charge in [0.25, 0.3) is 0 Å². The molecule has 2 aromatic rings. The molecule has 0 spiro atoms. The molecule has 0 saturated heterocycles. The zero-order valence-corrected chi connectivity index (χ0v) is 13.5. The molecule has 5 heteroatoms. The Morgan fingerprint density at radius 3 is 2.95 bits per heavy atom. The van der Waals surface area contributed by atoms with Gasteiger partial charge in [0.2, 0.25) is 0 Å². The number of benzene rings is 1. The Bertz CT molecular complexity index is 554. The number of imidazole rings is 1. The van der Waals surface area contributed by atoms with E-state index in [2.05, 4.69) is 43.8 Å². The number of hydrogen-bond acceptors (Lipinski definition) is 3. The van der Waals surface area contributed by atoms with Crippen molar-refractivity contribution in [2.45, 2.75) is 26.9 Å². The van der Waals surface area contributed by atoms with E-state index in [4.69, 9.17) is 4.74 Å². The smallest absolute Gasteiger partial charge is 0.123 e. The molecule has 108 valence electrons. The summed E-state index contributed by atoms with van der Waals surface area (Å²) < 4.78 is 9.07. The maximum Gasteiger partial charge on any atom is 0.123 e. The summed E-state index contributed by atoms with van der Waals surface area (Å²) in [4.78, 5) is 4.20. The molecule has 1 aromatic heterocycles. The lowest BCUT2D eigenvalue weighted by Crippen LogP contribution is -2.14. The molecule has 0 amide bonds. The predicted octanol–water partition coefficient (Wildman–Crippen LogP) is 3.14. The van der Waals surface area contributed by atoms with Gasteiger partial charge in [-0.3, -0.25) is 0 Å². The third-order valence-electron chi connectivity index (χ3n) is 3.10. The summed E-state index contributed by atoms with van der Waals surface area (Å²) in [5, 5.41) is 3.33. The van der Waals surface area contributed by atoms with Crippen molar-refractivity contribution in [3.05, 3.63) is 46.5 Å². The lowest BCUT2D eigenvalue weighted by Gasteiger charge is -2.13. The highest BCUT2D eigenvalue weighted by Gasteiger charge is 2.05. The van der Waals surface area contributed by atoms with Crippen LogP contribution < -0.4 is 10.1 Å². The lowest BCUT2D eigenvalue weighted by atomic mass is 10.2. The first-order chi connectivity index (χ1) is 9.70. The minimum Gasteiger partial charge on any atom is -0.491 e. The quantitative estimate of drug-likeness (QED) is 0.843. The molecule has 0 aliphatic rings. The van der Waals surface area contributed by atoms with Crippen LogP contribution in [0.5, 0.6) is 5.75 Å². The van der Waals surface area contributed by atoms with Crippen molar-refractivity contribution in [2.75, 3.05) is 13.2 Å². The molecule has 0 unspecified atom stereocenters. The van der Waals surface area contributed by atoms with Crippen molar-refractivity contribution < 1.29 is 4.74 Å². The zero-order valence-electron chi connectivity index (χ0n) is 11.9. The summed E-state index contributed by atoms with van der Waals surface area (Å²) in [5.74, 6) is 1.95. The minimum atomic E-state index is 0.637. The van der Waals surface area contributed by atoms with Crippen molar-refractivity contribution in [3.63, 3.8) is 0 Å². The number of aryl methyl sites for hydroxylation is 1. The second-order valence-corrected chi connectivity index (χ2v) is 5.46. The van der Waals surface area contributed by atoms with Crippen LogP contribution in [-0.2, 0) is 13.1 Å². The van der Waals surface area contributed by atoms with Crippen LogP contribution in [0.4, 0.5) is 0 Å². The van der Waals surface area contributed by atoms with Gasteiger partial charge in [-0.15, -0.1) is 0 Å². The maximum atomic E-state index is 5.91. The van der Waals surface area contributed by atoms with Crippen LogP contribution >= 0.6 is 15.9 Å². The van der Waals surface area contributed by atoms with Gasteiger partial charge in [0, 0.05) is 29.0 Å². The van der Waals surface area contributed by atoms with Crippen molar-refractivity contribution in [1.82, 2.24) is 14.9 Å². The number of halogens is 1. The Morgan fingerprint density at radius 1 is 1.40 bits per heavy atom. The number of rotatable bonds is 7. The molecular weight excluding hydrogens is 318 g/mol. The first-order valence-electron chi connectivity index (χ1n) is 6.80. The topological polar surface area (TPSA) is 39.1 Å². The van der Waals surface area contributed by atoms with Gasteiger partial charge < -0.3 is 14.6 Å². The van der Waals surface area contributed by atoms with E-state index < -0.39 is 0 Å². The molecule has 0 radical (unpaired) electrons. The first-order valence-corrected chi connectivity index (χ1v) is 7.59. The molecule has 2 rings (SSSR count). The van der Waals surface area contributed by atoms with E-state index in [1.807, 2.05) is 31.5 Å². The van der Waals surface area contributed by atoms with Gasteiger partial charge in [-0.2, -0.15) is 0 Å². The second kappa shape index (κ2) is 7.45. The van der Waals surface area contributed by atoms with Gasteiger partial charge in [0.1, 0.15) is 18.2 Å². The van der Waals surface area contributed by atoms with Crippen LogP contribution in [0.3, 0.4) is 0 Å². The predicted molar refractivity (Wildman–Crippen MR) is 84.0 cm³/mol. The molecule has 20 heavy (non-hydrogen) atoms. The summed E-state index contributed by atoms with van der Waals surface area (Å²) in [5.41, 5.74) is 1.17. The van der Waals surface area contributed by atoms with E-state index in [1.54, 1.807) is 0 Å². The molecule has 1 aromatic carbocycles. The van der Waals surface area contributed by atoms with Gasteiger partial charge in [-0.25, -0.2) is 4.98 Å². The van der Waals surface area contributed by atoms with E-state index in [1.165, 1.54) is 5.56 Å². The molecule has 0 fully saturated rings. The Balaban J connectivity index is 1.96. The van der Waals surface area contributed by atoms with E-state index in [0.717, 1.165) is 35.7 Å². The average Bonchev–Trinajstić information content (AvgIpc) is 2.84. The zero-order chi connectivity index (χ0) is 14.4. The molecule has 0 aliphatic carbocycles. The summed E-state index contributed by atoms with van der Waals surface area (Å²) in [7, 11) is 0. The van der Waals surface area contributed by atoms with Crippen molar-refractivity contribution in [1.29, 1.82) is 0 Å². The minimum absolute atomic E-state index is 0.637. The highest BCUT2D eigenvalue weighted by Crippen LogP contribution is 2.23. The van der Waals surface area contributed by atoms with Gasteiger partial charge in [-0.1, -0.05) is 22.9 Å². The van der Waals surface area contributed by atoms with Gasteiger partial charge >= 0.3 is 0 Å².